The van der Waals surface area contributed by atoms with Gasteiger partial charge >= 0.3 is 0 Å². The molecule has 2 heteroatoms. The van der Waals surface area contributed by atoms with Crippen LogP contribution in [0.15, 0.2) is 24.3 Å². The first-order valence-electron chi connectivity index (χ1n) is 6.07. The van der Waals surface area contributed by atoms with E-state index >= 15 is 0 Å². The van der Waals surface area contributed by atoms with E-state index in [0.29, 0.717) is 0 Å². The summed E-state index contributed by atoms with van der Waals surface area (Å²) in [4.78, 5) is 0. The quantitative estimate of drug-likeness (QED) is 0.623. The Balaban J connectivity index is 2.05. The maximum Gasteiger partial charge on any atom is 0.123 e. The summed E-state index contributed by atoms with van der Waals surface area (Å²) in [6.45, 7) is 5.22. The molecule has 0 unspecified atom stereocenters. The standard InChI is InChI=1S/C14H21FO/c1-12(2)6-4-3-5-11-16-14-9-7-13(15)8-10-14/h7-10,12H,3-6,11H2,1-2H3. The molecule has 0 atom stereocenters. The molecular weight excluding hydrogens is 203 g/mol. The fraction of sp³-hybridized carbons (Fsp3) is 0.571. The van der Waals surface area contributed by atoms with Gasteiger partial charge in [-0.2, -0.15) is 0 Å². The maximum absolute atomic E-state index is 12.6. The van der Waals surface area contributed by atoms with Crippen LogP contribution in [0.4, 0.5) is 4.39 Å². The molecule has 0 spiro atoms. The first-order chi connectivity index (χ1) is 7.68. The van der Waals surface area contributed by atoms with Gasteiger partial charge in [0, 0.05) is 0 Å². The van der Waals surface area contributed by atoms with Crippen molar-refractivity contribution in [3.8, 4) is 5.75 Å². The van der Waals surface area contributed by atoms with Crippen LogP contribution in [0.5, 0.6) is 5.75 Å². The van der Waals surface area contributed by atoms with Crippen molar-refractivity contribution in [3.63, 3.8) is 0 Å². The third-order valence-corrected chi connectivity index (χ3v) is 2.51. The number of halogens is 1. The van der Waals surface area contributed by atoms with Gasteiger partial charge in [0.05, 0.1) is 6.61 Å². The number of ether oxygens (including phenoxy) is 1. The Labute approximate surface area is 97.6 Å². The Morgan fingerprint density at radius 1 is 1.06 bits per heavy atom. The van der Waals surface area contributed by atoms with Crippen LogP contribution in [0.25, 0.3) is 0 Å². The summed E-state index contributed by atoms with van der Waals surface area (Å²) in [6.07, 6.45) is 4.84. The number of hydrogen-bond acceptors (Lipinski definition) is 1. The van der Waals surface area contributed by atoms with Crippen molar-refractivity contribution in [2.24, 2.45) is 5.92 Å². The van der Waals surface area contributed by atoms with Gasteiger partial charge in [0.15, 0.2) is 0 Å². The van der Waals surface area contributed by atoms with Gasteiger partial charge in [-0.15, -0.1) is 0 Å². The van der Waals surface area contributed by atoms with E-state index in [-0.39, 0.29) is 5.82 Å². The molecule has 0 heterocycles. The molecule has 1 nitrogen and oxygen atoms in total. The van der Waals surface area contributed by atoms with E-state index < -0.39 is 0 Å². The number of rotatable bonds is 7. The normalized spacial score (nSPS) is 10.8. The first-order valence-corrected chi connectivity index (χ1v) is 6.07. The number of unbranched alkanes of at least 4 members (excludes halogenated alkanes) is 2. The highest BCUT2D eigenvalue weighted by Crippen LogP contribution is 2.12. The van der Waals surface area contributed by atoms with Crippen LogP contribution >= 0.6 is 0 Å². The lowest BCUT2D eigenvalue weighted by Crippen LogP contribution is -1.97. The molecule has 0 aromatic heterocycles. The van der Waals surface area contributed by atoms with Gasteiger partial charge in [0.1, 0.15) is 11.6 Å². The van der Waals surface area contributed by atoms with Crippen molar-refractivity contribution in [2.45, 2.75) is 39.5 Å². The monoisotopic (exact) mass is 224 g/mol. The van der Waals surface area contributed by atoms with Gasteiger partial charge < -0.3 is 4.74 Å². The third kappa shape index (κ3) is 5.74. The molecule has 0 bridgehead atoms. The molecule has 0 fully saturated rings. The zero-order valence-electron chi connectivity index (χ0n) is 10.2. The average Bonchev–Trinajstić information content (AvgIpc) is 2.25. The molecule has 1 aromatic rings. The highest BCUT2D eigenvalue weighted by atomic mass is 19.1. The van der Waals surface area contributed by atoms with Crippen LogP contribution in [0.1, 0.15) is 39.5 Å². The fourth-order valence-electron chi connectivity index (χ4n) is 1.55. The molecule has 0 radical (unpaired) electrons. The van der Waals surface area contributed by atoms with Gasteiger partial charge in [-0.25, -0.2) is 4.39 Å². The molecule has 1 rings (SSSR count). The summed E-state index contributed by atoms with van der Waals surface area (Å²) in [5.74, 6) is 1.33. The summed E-state index contributed by atoms with van der Waals surface area (Å²) < 4.78 is 18.1. The van der Waals surface area contributed by atoms with Crippen molar-refractivity contribution in [1.82, 2.24) is 0 Å². The summed E-state index contributed by atoms with van der Waals surface area (Å²) in [5, 5.41) is 0. The summed E-state index contributed by atoms with van der Waals surface area (Å²) in [7, 11) is 0. The van der Waals surface area contributed by atoms with Crippen molar-refractivity contribution in [1.29, 1.82) is 0 Å². The van der Waals surface area contributed by atoms with E-state index in [2.05, 4.69) is 13.8 Å². The number of benzene rings is 1. The lowest BCUT2D eigenvalue weighted by atomic mass is 10.1. The summed E-state index contributed by atoms with van der Waals surface area (Å²) in [6, 6.07) is 6.19. The van der Waals surface area contributed by atoms with Gasteiger partial charge in [-0.1, -0.05) is 33.1 Å². The Hall–Kier alpha value is -1.05. The lowest BCUT2D eigenvalue weighted by molar-refractivity contribution is 0.302. The summed E-state index contributed by atoms with van der Waals surface area (Å²) in [5.41, 5.74) is 0. The molecule has 0 amide bonds. The second kappa shape index (κ2) is 7.26. The minimum atomic E-state index is -0.218. The van der Waals surface area contributed by atoms with Crippen LogP contribution in [-0.4, -0.2) is 6.61 Å². The summed E-state index contributed by atoms with van der Waals surface area (Å²) >= 11 is 0. The number of hydrogen-bond donors (Lipinski definition) is 0. The molecule has 0 aliphatic heterocycles. The molecule has 90 valence electrons. The van der Waals surface area contributed by atoms with E-state index in [9.17, 15) is 4.39 Å². The molecule has 0 aliphatic rings. The predicted octanol–water partition coefficient (Wildman–Crippen LogP) is 4.42. The van der Waals surface area contributed by atoms with E-state index in [4.69, 9.17) is 4.74 Å². The van der Waals surface area contributed by atoms with Crippen molar-refractivity contribution < 1.29 is 9.13 Å². The zero-order valence-corrected chi connectivity index (χ0v) is 10.2. The lowest BCUT2D eigenvalue weighted by Gasteiger charge is -2.06. The Morgan fingerprint density at radius 3 is 2.38 bits per heavy atom. The molecule has 16 heavy (non-hydrogen) atoms. The predicted molar refractivity (Wildman–Crippen MR) is 65.2 cm³/mol. The van der Waals surface area contributed by atoms with Crippen molar-refractivity contribution >= 4 is 0 Å². The van der Waals surface area contributed by atoms with Gasteiger partial charge in [-0.3, -0.25) is 0 Å². The second-order valence-corrected chi connectivity index (χ2v) is 4.55. The Kier molecular flexibility index (Phi) is 5.91. The molecule has 0 saturated carbocycles. The van der Waals surface area contributed by atoms with Gasteiger partial charge in [0.25, 0.3) is 0 Å². The molecule has 0 aliphatic carbocycles. The van der Waals surface area contributed by atoms with Crippen LogP contribution in [0.2, 0.25) is 0 Å². The van der Waals surface area contributed by atoms with Gasteiger partial charge in [0.2, 0.25) is 0 Å². The Morgan fingerprint density at radius 2 is 1.75 bits per heavy atom. The van der Waals surface area contributed by atoms with E-state index in [1.54, 1.807) is 12.1 Å². The molecule has 1 aromatic carbocycles. The van der Waals surface area contributed by atoms with E-state index in [0.717, 1.165) is 24.7 Å². The fourth-order valence-corrected chi connectivity index (χ4v) is 1.55. The van der Waals surface area contributed by atoms with Crippen LogP contribution in [-0.2, 0) is 0 Å². The molecular formula is C14H21FO. The van der Waals surface area contributed by atoms with Crippen molar-refractivity contribution in [3.05, 3.63) is 30.1 Å². The Bertz CT molecular complexity index is 279. The van der Waals surface area contributed by atoms with Crippen molar-refractivity contribution in [2.75, 3.05) is 6.61 Å². The topological polar surface area (TPSA) is 9.23 Å². The first kappa shape index (κ1) is 13.0. The maximum atomic E-state index is 12.6. The average molecular weight is 224 g/mol. The van der Waals surface area contributed by atoms with Crippen LogP contribution in [0.3, 0.4) is 0 Å². The van der Waals surface area contributed by atoms with Gasteiger partial charge in [-0.05, 0) is 36.6 Å². The minimum absolute atomic E-state index is 0.218. The molecule has 0 saturated heterocycles. The van der Waals surface area contributed by atoms with E-state index in [1.165, 1.54) is 31.4 Å². The van der Waals surface area contributed by atoms with Crippen LogP contribution in [0, 0.1) is 11.7 Å². The smallest absolute Gasteiger partial charge is 0.123 e. The van der Waals surface area contributed by atoms with Crippen LogP contribution < -0.4 is 4.74 Å². The second-order valence-electron chi connectivity index (χ2n) is 4.55. The zero-order chi connectivity index (χ0) is 11.8. The minimum Gasteiger partial charge on any atom is -0.494 e. The molecule has 0 N–H and O–H groups in total. The highest BCUT2D eigenvalue weighted by Gasteiger charge is 1.96. The largest absolute Gasteiger partial charge is 0.494 e. The SMILES string of the molecule is CC(C)CCCCCOc1ccc(F)cc1. The highest BCUT2D eigenvalue weighted by molar-refractivity contribution is 5.21. The third-order valence-electron chi connectivity index (χ3n) is 2.51. The van der Waals surface area contributed by atoms with E-state index in [1.807, 2.05) is 0 Å².